The molecular weight excluding hydrogens is 415 g/mol. The van der Waals surface area contributed by atoms with Crippen LogP contribution >= 0.6 is 23.1 Å². The van der Waals surface area contributed by atoms with Gasteiger partial charge in [-0.3, -0.25) is 14.5 Å². The minimum atomic E-state index is -1.35. The average molecular weight is 425 g/mol. The highest BCUT2D eigenvalue weighted by Gasteiger charge is 2.36. The zero-order chi connectivity index (χ0) is 20.0. The number of carboxylic acids is 1. The fourth-order valence-corrected chi connectivity index (χ4v) is 4.97. The van der Waals surface area contributed by atoms with Gasteiger partial charge in [0.25, 0.3) is 0 Å². The van der Waals surface area contributed by atoms with Crippen molar-refractivity contribution in [2.75, 3.05) is 4.90 Å². The first-order valence-corrected chi connectivity index (χ1v) is 9.62. The van der Waals surface area contributed by atoms with E-state index in [0.29, 0.717) is 16.8 Å². The molecule has 1 atom stereocenters. The second-order valence-corrected chi connectivity index (χ2v) is 8.22. The number of thiazole rings is 1. The topological polar surface area (TPSA) is 83.4 Å². The van der Waals surface area contributed by atoms with Gasteiger partial charge in [-0.25, -0.2) is 23.1 Å². The molecule has 0 aliphatic carbocycles. The third-order valence-electron chi connectivity index (χ3n) is 4.03. The number of hydrogen-bond acceptors (Lipinski definition) is 6. The first kappa shape index (κ1) is 18.7. The molecule has 0 fully saturated rings. The third-order valence-corrected chi connectivity index (χ3v) is 6.30. The fraction of sp³-hybridized carbons (Fsp3) is 0.176. The van der Waals surface area contributed by atoms with E-state index in [2.05, 4.69) is 9.97 Å². The molecular formula is C17H10F3N3O3S2. The third kappa shape index (κ3) is 3.20. The van der Waals surface area contributed by atoms with Crippen LogP contribution in [0.5, 0.6) is 0 Å². The van der Waals surface area contributed by atoms with E-state index >= 15 is 0 Å². The molecule has 1 unspecified atom stereocenters. The molecule has 6 nitrogen and oxygen atoms in total. The minimum Gasteiger partial charge on any atom is -0.481 e. The lowest BCUT2D eigenvalue weighted by Crippen LogP contribution is -2.41. The molecule has 2 aromatic heterocycles. The first-order valence-electron chi connectivity index (χ1n) is 7.93. The molecule has 1 aliphatic heterocycles. The summed E-state index contributed by atoms with van der Waals surface area (Å²) in [6.07, 6.45) is 1.09. The SMILES string of the molecule is O=C(O)CC1Sc2cccnc2N(Cc2nc3c(F)c(F)cc(F)c3s2)C1=O. The van der Waals surface area contributed by atoms with Crippen LogP contribution in [0.3, 0.4) is 0 Å². The van der Waals surface area contributed by atoms with Crippen LogP contribution in [0.2, 0.25) is 0 Å². The summed E-state index contributed by atoms with van der Waals surface area (Å²) in [7, 11) is 0. The smallest absolute Gasteiger partial charge is 0.305 e. The largest absolute Gasteiger partial charge is 0.481 e. The summed E-state index contributed by atoms with van der Waals surface area (Å²) in [4.78, 5) is 33.8. The van der Waals surface area contributed by atoms with Gasteiger partial charge in [-0.05, 0) is 12.1 Å². The molecule has 1 amide bonds. The Morgan fingerprint density at radius 1 is 1.29 bits per heavy atom. The number of aromatic nitrogens is 2. The number of anilines is 1. The molecule has 0 spiro atoms. The molecule has 1 aromatic carbocycles. The number of carboxylic acid groups (broad SMARTS) is 1. The lowest BCUT2D eigenvalue weighted by atomic mass is 10.2. The van der Waals surface area contributed by atoms with E-state index in [4.69, 9.17) is 5.11 Å². The van der Waals surface area contributed by atoms with Crippen molar-refractivity contribution < 1.29 is 27.9 Å². The number of carbonyl (C=O) groups excluding carboxylic acids is 1. The predicted octanol–water partition coefficient (Wildman–Crippen LogP) is 3.59. The minimum absolute atomic E-state index is 0.156. The zero-order valence-electron chi connectivity index (χ0n) is 13.9. The van der Waals surface area contributed by atoms with Crippen molar-refractivity contribution in [2.45, 2.75) is 23.1 Å². The Labute approximate surface area is 164 Å². The van der Waals surface area contributed by atoms with Crippen LogP contribution in [-0.2, 0) is 16.1 Å². The Morgan fingerprint density at radius 3 is 2.82 bits per heavy atom. The molecule has 0 saturated heterocycles. The molecule has 0 radical (unpaired) electrons. The number of hydrogen-bond donors (Lipinski definition) is 1. The van der Waals surface area contributed by atoms with E-state index in [1.165, 1.54) is 11.1 Å². The molecule has 11 heteroatoms. The van der Waals surface area contributed by atoms with Gasteiger partial charge in [-0.2, -0.15) is 0 Å². The zero-order valence-corrected chi connectivity index (χ0v) is 15.5. The normalized spacial score (nSPS) is 16.5. The molecule has 3 heterocycles. The van der Waals surface area contributed by atoms with E-state index in [9.17, 15) is 22.8 Å². The molecule has 0 bridgehead atoms. The van der Waals surface area contributed by atoms with E-state index in [-0.39, 0.29) is 22.7 Å². The Bertz CT molecular complexity index is 1120. The lowest BCUT2D eigenvalue weighted by molar-refractivity contribution is -0.138. The van der Waals surface area contributed by atoms with Gasteiger partial charge >= 0.3 is 5.97 Å². The highest BCUT2D eigenvalue weighted by Crippen LogP contribution is 2.40. The van der Waals surface area contributed by atoms with Gasteiger partial charge < -0.3 is 5.11 Å². The number of halogens is 3. The molecule has 0 saturated carbocycles. The van der Waals surface area contributed by atoms with Gasteiger partial charge in [0.1, 0.15) is 22.2 Å². The lowest BCUT2D eigenvalue weighted by Gasteiger charge is -2.31. The van der Waals surface area contributed by atoms with Crippen LogP contribution < -0.4 is 4.90 Å². The van der Waals surface area contributed by atoms with Crippen molar-refractivity contribution in [3.63, 3.8) is 0 Å². The number of pyridine rings is 1. The number of nitrogens with zero attached hydrogens (tertiary/aromatic N) is 3. The van der Waals surface area contributed by atoms with Crippen molar-refractivity contribution in [3.8, 4) is 0 Å². The van der Waals surface area contributed by atoms with E-state index in [1.807, 2.05) is 0 Å². The fourth-order valence-electron chi connectivity index (χ4n) is 2.83. The van der Waals surface area contributed by atoms with Crippen molar-refractivity contribution in [1.29, 1.82) is 0 Å². The molecule has 4 rings (SSSR count). The van der Waals surface area contributed by atoms with Crippen LogP contribution in [0.4, 0.5) is 19.0 Å². The maximum Gasteiger partial charge on any atom is 0.305 e. The van der Waals surface area contributed by atoms with E-state index < -0.39 is 40.1 Å². The monoisotopic (exact) mass is 425 g/mol. The summed E-state index contributed by atoms with van der Waals surface area (Å²) in [6, 6.07) is 3.80. The number of benzene rings is 1. The summed E-state index contributed by atoms with van der Waals surface area (Å²) < 4.78 is 41.1. The van der Waals surface area contributed by atoms with Gasteiger partial charge in [0.05, 0.1) is 27.8 Å². The van der Waals surface area contributed by atoms with Crippen LogP contribution in [0.1, 0.15) is 11.4 Å². The van der Waals surface area contributed by atoms with Gasteiger partial charge in [0.15, 0.2) is 11.6 Å². The Balaban J connectivity index is 1.74. The number of aliphatic carboxylic acids is 1. The summed E-state index contributed by atoms with van der Waals surface area (Å²) >= 11 is 1.89. The van der Waals surface area contributed by atoms with Crippen LogP contribution in [0.15, 0.2) is 29.3 Å². The summed E-state index contributed by atoms with van der Waals surface area (Å²) in [5.41, 5.74) is -0.445. The Kier molecular flexibility index (Phi) is 4.71. The van der Waals surface area contributed by atoms with Crippen molar-refractivity contribution in [3.05, 3.63) is 46.9 Å². The van der Waals surface area contributed by atoms with Crippen LogP contribution in [-0.4, -0.2) is 32.2 Å². The molecule has 1 aliphatic rings. The van der Waals surface area contributed by atoms with Gasteiger partial charge in [0.2, 0.25) is 5.91 Å². The van der Waals surface area contributed by atoms with Gasteiger partial charge in [-0.15, -0.1) is 23.1 Å². The van der Waals surface area contributed by atoms with E-state index in [1.54, 1.807) is 12.1 Å². The standard InChI is InChI=1S/C17H10F3N3O3S2/c18-7-4-8(19)15-14(13(7)20)22-11(28-15)6-23-16-9(2-1-3-21-16)27-10(17(23)26)5-12(24)25/h1-4,10H,5-6H2,(H,24,25). The number of amides is 1. The average Bonchev–Trinajstić information content (AvgIpc) is 3.07. The molecule has 1 N–H and O–H groups in total. The number of thioether (sulfide) groups is 1. The quantitative estimate of drug-likeness (QED) is 0.644. The second kappa shape index (κ2) is 7.06. The molecule has 3 aromatic rings. The van der Waals surface area contributed by atoms with Crippen molar-refractivity contribution >= 4 is 51.0 Å². The highest BCUT2D eigenvalue weighted by molar-refractivity contribution is 8.01. The summed E-state index contributed by atoms with van der Waals surface area (Å²) in [6.45, 7) is -0.167. The van der Waals surface area contributed by atoms with Gasteiger partial charge in [0, 0.05) is 12.3 Å². The first-order chi connectivity index (χ1) is 13.3. The van der Waals surface area contributed by atoms with Crippen LogP contribution in [0.25, 0.3) is 10.2 Å². The maximum absolute atomic E-state index is 13.9. The van der Waals surface area contributed by atoms with Crippen molar-refractivity contribution in [2.24, 2.45) is 0 Å². The highest BCUT2D eigenvalue weighted by atomic mass is 32.2. The molecule has 28 heavy (non-hydrogen) atoms. The maximum atomic E-state index is 13.9. The molecule has 144 valence electrons. The summed E-state index contributed by atoms with van der Waals surface area (Å²) in [5.74, 6) is -4.86. The van der Waals surface area contributed by atoms with E-state index in [0.717, 1.165) is 23.1 Å². The number of carbonyl (C=O) groups is 2. The number of rotatable bonds is 4. The summed E-state index contributed by atoms with van der Waals surface area (Å²) in [5, 5.41) is 8.37. The second-order valence-electron chi connectivity index (χ2n) is 5.89. The van der Waals surface area contributed by atoms with Crippen LogP contribution in [0, 0.1) is 17.5 Å². The number of fused-ring (bicyclic) bond motifs is 2. The Hall–Kier alpha value is -2.66. The van der Waals surface area contributed by atoms with Gasteiger partial charge in [-0.1, -0.05) is 0 Å². The van der Waals surface area contributed by atoms with Crippen molar-refractivity contribution in [1.82, 2.24) is 9.97 Å². The predicted molar refractivity (Wildman–Crippen MR) is 96.8 cm³/mol. The Morgan fingerprint density at radius 2 is 2.07 bits per heavy atom.